The zero-order valence-electron chi connectivity index (χ0n) is 6.49. The van der Waals surface area contributed by atoms with Gasteiger partial charge in [0.1, 0.15) is 5.78 Å². The molecule has 1 rings (SSSR count). The van der Waals surface area contributed by atoms with Crippen molar-refractivity contribution in [1.29, 1.82) is 0 Å². The molecule has 0 bridgehead atoms. The van der Waals surface area contributed by atoms with Crippen molar-refractivity contribution in [1.82, 2.24) is 0 Å². The Balaban J connectivity index is 2.79. The van der Waals surface area contributed by atoms with Crippen LogP contribution in [0.3, 0.4) is 0 Å². The highest BCUT2D eigenvalue weighted by Crippen LogP contribution is 2.33. The lowest BCUT2D eigenvalue weighted by Gasteiger charge is -2.11. The number of carboxylic acids is 1. The van der Waals surface area contributed by atoms with E-state index in [0.717, 1.165) is 0 Å². The monoisotopic (exact) mass is 170 g/mol. The molecule has 2 N–H and O–H groups in total. The first-order valence-corrected chi connectivity index (χ1v) is 3.64. The Bertz CT molecular complexity index is 219. The van der Waals surface area contributed by atoms with Gasteiger partial charge >= 0.3 is 5.97 Å². The second-order valence-electron chi connectivity index (χ2n) is 2.99. The van der Waals surface area contributed by atoms with Crippen LogP contribution in [0.2, 0.25) is 0 Å². The number of allylic oxidation sites excluding steroid dienone is 1. The Kier molecular flexibility index (Phi) is 2.17. The fourth-order valence-corrected chi connectivity index (χ4v) is 1.47. The fourth-order valence-electron chi connectivity index (χ4n) is 1.47. The van der Waals surface area contributed by atoms with E-state index in [1.54, 1.807) is 0 Å². The van der Waals surface area contributed by atoms with Crippen LogP contribution < -0.4 is 0 Å². The maximum atomic E-state index is 10.9. The summed E-state index contributed by atoms with van der Waals surface area (Å²) in [6, 6.07) is 0. The molecule has 1 aliphatic rings. The van der Waals surface area contributed by atoms with E-state index in [9.17, 15) is 9.59 Å². The van der Waals surface area contributed by atoms with Gasteiger partial charge in [0.25, 0.3) is 0 Å². The zero-order valence-corrected chi connectivity index (χ0v) is 6.49. The molecule has 0 saturated heterocycles. The van der Waals surface area contributed by atoms with Crippen LogP contribution in [0.4, 0.5) is 0 Å². The molecule has 2 atom stereocenters. The van der Waals surface area contributed by atoms with Crippen LogP contribution in [-0.2, 0) is 9.59 Å². The number of Topliss-reactive ketones (excluding diaryl/α,β-unsaturated/α-hetero) is 1. The number of carboxylic acid groups (broad SMARTS) is 1. The first kappa shape index (κ1) is 8.77. The van der Waals surface area contributed by atoms with E-state index in [4.69, 9.17) is 10.2 Å². The minimum Gasteiger partial charge on any atom is -0.513 e. The normalized spacial score (nSPS) is 28.8. The molecule has 0 aromatic carbocycles. The van der Waals surface area contributed by atoms with Gasteiger partial charge < -0.3 is 10.2 Å². The third-order valence-corrected chi connectivity index (χ3v) is 2.13. The second-order valence-corrected chi connectivity index (χ2v) is 2.99. The summed E-state index contributed by atoms with van der Waals surface area (Å²) in [6.45, 7) is 3.24. The van der Waals surface area contributed by atoms with Crippen LogP contribution in [0, 0.1) is 11.8 Å². The van der Waals surface area contributed by atoms with Crippen LogP contribution in [-0.4, -0.2) is 22.0 Å². The fraction of sp³-hybridized carbons (Fsp3) is 0.500. The highest BCUT2D eigenvalue weighted by molar-refractivity contribution is 5.88. The molecule has 0 aromatic heterocycles. The van der Waals surface area contributed by atoms with Gasteiger partial charge in [0.15, 0.2) is 0 Å². The summed E-state index contributed by atoms with van der Waals surface area (Å²) in [5, 5.41) is 17.6. The predicted molar refractivity (Wildman–Crippen MR) is 40.6 cm³/mol. The van der Waals surface area contributed by atoms with E-state index in [0.29, 0.717) is 0 Å². The lowest BCUT2D eigenvalue weighted by molar-refractivity contribution is -0.143. The lowest BCUT2D eigenvalue weighted by Crippen LogP contribution is -2.19. The van der Waals surface area contributed by atoms with Gasteiger partial charge in [0.2, 0.25) is 0 Å². The van der Waals surface area contributed by atoms with Crippen LogP contribution in [0.15, 0.2) is 12.3 Å². The van der Waals surface area contributed by atoms with Gasteiger partial charge in [-0.3, -0.25) is 9.59 Å². The number of ketones is 1. The summed E-state index contributed by atoms with van der Waals surface area (Å²) in [5.41, 5.74) is 0. The summed E-state index contributed by atoms with van der Waals surface area (Å²) in [4.78, 5) is 21.4. The quantitative estimate of drug-likeness (QED) is 0.599. The van der Waals surface area contributed by atoms with Crippen molar-refractivity contribution < 1.29 is 19.8 Å². The van der Waals surface area contributed by atoms with E-state index >= 15 is 0 Å². The molecule has 0 amide bonds. The van der Waals surface area contributed by atoms with Crippen molar-refractivity contribution in [2.24, 2.45) is 11.8 Å². The van der Waals surface area contributed by atoms with E-state index in [1.165, 1.54) is 0 Å². The molecule has 66 valence electrons. The first-order valence-electron chi connectivity index (χ1n) is 3.64. The average Bonchev–Trinajstić information content (AvgIpc) is 2.31. The van der Waals surface area contributed by atoms with Gasteiger partial charge in [0, 0.05) is 18.8 Å². The van der Waals surface area contributed by atoms with Gasteiger partial charge in [0.05, 0.1) is 11.7 Å². The van der Waals surface area contributed by atoms with Gasteiger partial charge in [-0.1, -0.05) is 6.58 Å². The minimum absolute atomic E-state index is 0.0135. The Labute approximate surface area is 69.5 Å². The lowest BCUT2D eigenvalue weighted by atomic mass is 9.95. The summed E-state index contributed by atoms with van der Waals surface area (Å²) >= 11 is 0. The number of carbonyl (C=O) groups excluding carboxylic acids is 1. The molecule has 1 saturated carbocycles. The van der Waals surface area contributed by atoms with Crippen molar-refractivity contribution in [2.75, 3.05) is 0 Å². The molecule has 0 spiro atoms. The molecule has 1 fully saturated rings. The van der Waals surface area contributed by atoms with Crippen molar-refractivity contribution in [3.05, 3.63) is 12.3 Å². The van der Waals surface area contributed by atoms with Crippen molar-refractivity contribution in [2.45, 2.75) is 12.8 Å². The Hall–Kier alpha value is -1.32. The maximum absolute atomic E-state index is 10.9. The molecule has 4 nitrogen and oxygen atoms in total. The molecule has 4 heteroatoms. The molecular formula is C8H10O4. The van der Waals surface area contributed by atoms with Crippen molar-refractivity contribution in [3.8, 4) is 0 Å². The van der Waals surface area contributed by atoms with E-state index in [1.807, 2.05) is 0 Å². The molecule has 0 aromatic rings. The standard InChI is InChI=1S/C8H10O4/c1-4(9)6-2-5(10)3-7(6)8(11)12/h6-7,9H,1-3H2,(H,11,12)/t6-,7+/m0/s1. The smallest absolute Gasteiger partial charge is 0.307 e. The van der Waals surface area contributed by atoms with Gasteiger partial charge in [-0.2, -0.15) is 0 Å². The van der Waals surface area contributed by atoms with Crippen molar-refractivity contribution in [3.63, 3.8) is 0 Å². The third kappa shape index (κ3) is 1.47. The summed E-state index contributed by atoms with van der Waals surface area (Å²) in [7, 11) is 0. The van der Waals surface area contributed by atoms with Crippen LogP contribution >= 0.6 is 0 Å². The SMILES string of the molecule is C=C(O)[C@@H]1CC(=O)C[C@H]1C(=O)O. The van der Waals surface area contributed by atoms with Crippen molar-refractivity contribution >= 4 is 11.8 Å². The summed E-state index contributed by atoms with van der Waals surface area (Å²) in [5.74, 6) is -2.73. The number of aliphatic carboxylic acids is 1. The van der Waals surface area contributed by atoms with Gasteiger partial charge in [-0.05, 0) is 0 Å². The highest BCUT2D eigenvalue weighted by Gasteiger charge is 2.39. The third-order valence-electron chi connectivity index (χ3n) is 2.13. The van der Waals surface area contributed by atoms with E-state index in [2.05, 4.69) is 6.58 Å². The number of rotatable bonds is 2. The first-order chi connectivity index (χ1) is 5.52. The molecule has 1 aliphatic carbocycles. The molecule has 0 aliphatic heterocycles. The molecular weight excluding hydrogens is 160 g/mol. The number of aliphatic hydroxyl groups excluding tert-OH is 1. The van der Waals surface area contributed by atoms with E-state index < -0.39 is 17.8 Å². The minimum atomic E-state index is -1.04. The van der Waals surface area contributed by atoms with Crippen LogP contribution in [0.1, 0.15) is 12.8 Å². The van der Waals surface area contributed by atoms with E-state index in [-0.39, 0.29) is 24.4 Å². The predicted octanol–water partition coefficient (Wildman–Crippen LogP) is 0.738. The number of carbonyl (C=O) groups is 2. The Morgan fingerprint density at radius 2 is 1.83 bits per heavy atom. The second kappa shape index (κ2) is 2.97. The number of hydrogen-bond donors (Lipinski definition) is 2. The molecule has 0 unspecified atom stereocenters. The zero-order chi connectivity index (χ0) is 9.30. The number of aliphatic hydroxyl groups is 1. The number of hydrogen-bond acceptors (Lipinski definition) is 3. The topological polar surface area (TPSA) is 74.6 Å². The molecule has 0 heterocycles. The van der Waals surface area contributed by atoms with Gasteiger partial charge in [-0.25, -0.2) is 0 Å². The Morgan fingerprint density at radius 1 is 1.33 bits per heavy atom. The molecule has 0 radical (unpaired) electrons. The highest BCUT2D eigenvalue weighted by atomic mass is 16.4. The summed E-state index contributed by atoms with van der Waals surface area (Å²) < 4.78 is 0. The molecule has 12 heavy (non-hydrogen) atoms. The summed E-state index contributed by atoms with van der Waals surface area (Å²) in [6.07, 6.45) is 0.117. The average molecular weight is 170 g/mol. The Morgan fingerprint density at radius 3 is 2.17 bits per heavy atom. The van der Waals surface area contributed by atoms with Crippen LogP contribution in [0.25, 0.3) is 0 Å². The largest absolute Gasteiger partial charge is 0.513 e. The van der Waals surface area contributed by atoms with Gasteiger partial charge in [-0.15, -0.1) is 0 Å². The maximum Gasteiger partial charge on any atom is 0.307 e. The van der Waals surface area contributed by atoms with Crippen LogP contribution in [0.5, 0.6) is 0 Å².